The van der Waals surface area contributed by atoms with Gasteiger partial charge in [-0.1, -0.05) is 0 Å². The molecule has 108 valence electrons. The second-order valence-corrected chi connectivity index (χ2v) is 5.28. The fourth-order valence-electron chi connectivity index (χ4n) is 2.56. The van der Waals surface area contributed by atoms with Gasteiger partial charge in [-0.2, -0.15) is 0 Å². The minimum atomic E-state index is -2.67. The van der Waals surface area contributed by atoms with Crippen molar-refractivity contribution in [2.24, 2.45) is 0 Å². The number of aliphatic carboxylic acids is 1. The van der Waals surface area contributed by atoms with Crippen LogP contribution >= 0.6 is 0 Å². The number of nitrogens with zero attached hydrogens (tertiary/aromatic N) is 3. The van der Waals surface area contributed by atoms with Crippen LogP contribution in [0.1, 0.15) is 49.4 Å². The van der Waals surface area contributed by atoms with E-state index >= 15 is 0 Å². The highest BCUT2D eigenvalue weighted by Crippen LogP contribution is 2.40. The van der Waals surface area contributed by atoms with Gasteiger partial charge in [0.05, 0.1) is 0 Å². The molecular weight excluding hydrogens is 268 g/mol. The molecule has 2 aliphatic rings. The van der Waals surface area contributed by atoms with Gasteiger partial charge >= 0.3 is 5.97 Å². The third-order valence-electron chi connectivity index (χ3n) is 3.77. The summed E-state index contributed by atoms with van der Waals surface area (Å²) >= 11 is 0. The van der Waals surface area contributed by atoms with Crippen molar-refractivity contribution in [2.75, 3.05) is 11.4 Å². The summed E-state index contributed by atoms with van der Waals surface area (Å²) in [5.41, 5.74) is 0.300. The third-order valence-corrected chi connectivity index (χ3v) is 3.77. The van der Waals surface area contributed by atoms with Crippen molar-refractivity contribution in [3.8, 4) is 0 Å². The minimum absolute atomic E-state index is 0.134. The zero-order valence-corrected chi connectivity index (χ0v) is 10.8. The fourth-order valence-corrected chi connectivity index (χ4v) is 2.56. The molecule has 0 spiro atoms. The Hall–Kier alpha value is -1.79. The van der Waals surface area contributed by atoms with Gasteiger partial charge in [-0.25, -0.2) is 23.5 Å². The molecular formula is C13H15F2N3O2. The number of carboxylic acid groups (broad SMARTS) is 1. The van der Waals surface area contributed by atoms with Crippen LogP contribution in [0, 0.1) is 0 Å². The molecule has 20 heavy (non-hydrogen) atoms. The highest BCUT2D eigenvalue weighted by molar-refractivity contribution is 5.78. The Morgan fingerprint density at radius 2 is 2.10 bits per heavy atom. The van der Waals surface area contributed by atoms with E-state index in [0.29, 0.717) is 25.1 Å². The van der Waals surface area contributed by atoms with Gasteiger partial charge < -0.3 is 10.0 Å². The van der Waals surface area contributed by atoms with Crippen molar-refractivity contribution < 1.29 is 18.7 Å². The van der Waals surface area contributed by atoms with Crippen LogP contribution in [0.4, 0.5) is 14.7 Å². The number of carbonyl (C=O) groups is 1. The Labute approximate surface area is 114 Å². The summed E-state index contributed by atoms with van der Waals surface area (Å²) in [4.78, 5) is 20.9. The second kappa shape index (κ2) is 4.96. The summed E-state index contributed by atoms with van der Waals surface area (Å²) in [6, 6.07) is 0.632. The van der Waals surface area contributed by atoms with Gasteiger partial charge in [-0.3, -0.25) is 0 Å². The topological polar surface area (TPSA) is 66.3 Å². The molecule has 0 radical (unpaired) electrons. The van der Waals surface area contributed by atoms with E-state index in [-0.39, 0.29) is 17.6 Å². The maximum Gasteiger partial charge on any atom is 0.326 e. The molecule has 0 aromatic carbocycles. The lowest BCUT2D eigenvalue weighted by molar-refractivity contribution is -0.138. The number of hydrogen-bond donors (Lipinski definition) is 1. The number of aromatic nitrogens is 2. The molecule has 1 aromatic rings. The van der Waals surface area contributed by atoms with Crippen molar-refractivity contribution in [1.29, 1.82) is 0 Å². The van der Waals surface area contributed by atoms with Gasteiger partial charge in [0.25, 0.3) is 6.43 Å². The number of carboxylic acids is 1. The Bertz CT molecular complexity index is 514. The molecule has 5 nitrogen and oxygen atoms in total. The van der Waals surface area contributed by atoms with E-state index in [1.807, 2.05) is 0 Å². The quantitative estimate of drug-likeness (QED) is 0.918. The number of alkyl halides is 2. The van der Waals surface area contributed by atoms with E-state index in [4.69, 9.17) is 5.11 Å². The monoisotopic (exact) mass is 283 g/mol. The van der Waals surface area contributed by atoms with Crippen LogP contribution < -0.4 is 4.90 Å². The van der Waals surface area contributed by atoms with E-state index < -0.39 is 18.4 Å². The van der Waals surface area contributed by atoms with Crippen LogP contribution in [0.2, 0.25) is 0 Å². The largest absolute Gasteiger partial charge is 0.480 e. The molecule has 1 atom stereocenters. The Kier molecular flexibility index (Phi) is 3.27. The lowest BCUT2D eigenvalue weighted by atomic mass is 10.2. The summed E-state index contributed by atoms with van der Waals surface area (Å²) in [6.07, 6.45) is 0.428. The number of halogens is 2. The zero-order valence-electron chi connectivity index (χ0n) is 10.8. The minimum Gasteiger partial charge on any atom is -0.480 e. The highest BCUT2D eigenvalue weighted by Gasteiger charge is 2.34. The number of hydrogen-bond acceptors (Lipinski definition) is 4. The summed E-state index contributed by atoms with van der Waals surface area (Å²) in [5.74, 6) is -0.601. The lowest BCUT2D eigenvalue weighted by Crippen LogP contribution is -2.37. The first-order valence-corrected chi connectivity index (χ1v) is 6.72. The smallest absolute Gasteiger partial charge is 0.326 e. The molecule has 3 rings (SSSR count). The van der Waals surface area contributed by atoms with Crippen LogP contribution in [0.5, 0.6) is 0 Å². The first-order chi connectivity index (χ1) is 9.56. The average Bonchev–Trinajstić information content (AvgIpc) is 3.14. The predicted octanol–water partition coefficient (Wildman–Crippen LogP) is 2.35. The SMILES string of the molecule is O=C(O)[C@@H]1CCCN1c1nc(C(F)F)cc(C2CC2)n1. The maximum absolute atomic E-state index is 12.9. The molecule has 2 fully saturated rings. The van der Waals surface area contributed by atoms with Crippen molar-refractivity contribution >= 4 is 11.9 Å². The molecule has 1 N–H and O–H groups in total. The molecule has 1 aliphatic heterocycles. The van der Waals surface area contributed by atoms with Crippen molar-refractivity contribution in [2.45, 2.75) is 44.1 Å². The van der Waals surface area contributed by atoms with Gasteiger partial charge in [0.1, 0.15) is 11.7 Å². The van der Waals surface area contributed by atoms with Gasteiger partial charge in [-0.15, -0.1) is 0 Å². The summed E-state index contributed by atoms with van der Waals surface area (Å²) in [6.45, 7) is 0.494. The number of anilines is 1. The van der Waals surface area contributed by atoms with Crippen molar-refractivity contribution in [3.63, 3.8) is 0 Å². The van der Waals surface area contributed by atoms with E-state index in [2.05, 4.69) is 9.97 Å². The average molecular weight is 283 g/mol. The summed E-state index contributed by atoms with van der Waals surface area (Å²) < 4.78 is 25.9. The summed E-state index contributed by atoms with van der Waals surface area (Å²) in [7, 11) is 0. The Morgan fingerprint density at radius 1 is 1.35 bits per heavy atom. The van der Waals surface area contributed by atoms with Crippen LogP contribution in [0.25, 0.3) is 0 Å². The zero-order chi connectivity index (χ0) is 14.3. The fraction of sp³-hybridized carbons (Fsp3) is 0.615. The third kappa shape index (κ3) is 2.44. The molecule has 1 saturated heterocycles. The molecule has 0 amide bonds. The number of rotatable bonds is 4. The van der Waals surface area contributed by atoms with E-state index in [1.54, 1.807) is 0 Å². The van der Waals surface area contributed by atoms with Crippen molar-refractivity contribution in [1.82, 2.24) is 9.97 Å². The molecule has 1 aliphatic carbocycles. The lowest BCUT2D eigenvalue weighted by Gasteiger charge is -2.22. The maximum atomic E-state index is 12.9. The highest BCUT2D eigenvalue weighted by atomic mass is 19.3. The van der Waals surface area contributed by atoms with Crippen LogP contribution in [0.3, 0.4) is 0 Å². The van der Waals surface area contributed by atoms with E-state index in [9.17, 15) is 13.6 Å². The molecule has 1 saturated carbocycles. The first-order valence-electron chi connectivity index (χ1n) is 6.72. The van der Waals surface area contributed by atoms with Gasteiger partial charge in [0.2, 0.25) is 5.95 Å². The standard InChI is InChI=1S/C13H15F2N3O2/c14-11(15)9-6-8(7-3-4-7)16-13(17-9)18-5-1-2-10(18)12(19)20/h6-7,10-11H,1-5H2,(H,19,20)/t10-/m0/s1. The van der Waals surface area contributed by atoms with E-state index in [0.717, 1.165) is 12.8 Å². The predicted molar refractivity (Wildman–Crippen MR) is 67.0 cm³/mol. The Morgan fingerprint density at radius 3 is 2.70 bits per heavy atom. The van der Waals surface area contributed by atoms with Gasteiger partial charge in [0.15, 0.2) is 0 Å². The van der Waals surface area contributed by atoms with Gasteiger partial charge in [-0.05, 0) is 31.7 Å². The molecule has 0 unspecified atom stereocenters. The van der Waals surface area contributed by atoms with Crippen LogP contribution in [0.15, 0.2) is 6.07 Å². The first kappa shape index (κ1) is 13.2. The molecule has 7 heteroatoms. The normalized spacial score (nSPS) is 22.6. The Balaban J connectivity index is 1.97. The van der Waals surface area contributed by atoms with Gasteiger partial charge in [0, 0.05) is 18.2 Å². The second-order valence-electron chi connectivity index (χ2n) is 5.28. The molecule has 0 bridgehead atoms. The molecule has 1 aromatic heterocycles. The van der Waals surface area contributed by atoms with E-state index in [1.165, 1.54) is 11.0 Å². The molecule has 2 heterocycles. The van der Waals surface area contributed by atoms with Crippen LogP contribution in [-0.4, -0.2) is 33.6 Å². The van der Waals surface area contributed by atoms with Crippen molar-refractivity contribution in [3.05, 3.63) is 17.5 Å². The summed E-state index contributed by atoms with van der Waals surface area (Å²) in [5, 5.41) is 9.17. The van der Waals surface area contributed by atoms with Crippen LogP contribution in [-0.2, 0) is 4.79 Å².